The van der Waals surface area contributed by atoms with E-state index in [4.69, 9.17) is 0 Å². The molecule has 0 amide bonds. The Labute approximate surface area is 101 Å². The van der Waals surface area contributed by atoms with E-state index in [1.807, 2.05) is 0 Å². The lowest BCUT2D eigenvalue weighted by Crippen LogP contribution is -2.51. The molecule has 92 valence electrons. The van der Waals surface area contributed by atoms with Gasteiger partial charge in [-0.05, 0) is 50.9 Å². The number of hydrogen-bond acceptors (Lipinski definition) is 3. The van der Waals surface area contributed by atoms with E-state index in [2.05, 4.69) is 16.8 Å². The molecule has 2 rings (SSSR count). The number of aliphatic carboxylic acids is 1. The third kappa shape index (κ3) is 1.93. The summed E-state index contributed by atoms with van der Waals surface area (Å²) in [7, 11) is 0. The number of carbonyl (C=O) groups is 1. The zero-order chi connectivity index (χ0) is 12.5. The molecular weight excluding hydrogens is 216 g/mol. The highest BCUT2D eigenvalue weighted by Crippen LogP contribution is 2.34. The molecule has 1 fully saturated rings. The fourth-order valence-electron chi connectivity index (χ4n) is 2.69. The molecule has 4 heteroatoms. The normalized spacial score (nSPS) is 24.5. The number of hydrogen-bond donors (Lipinski definition) is 1. The van der Waals surface area contributed by atoms with E-state index >= 15 is 0 Å². The van der Waals surface area contributed by atoms with Crippen LogP contribution >= 0.6 is 0 Å². The molecule has 2 atom stereocenters. The van der Waals surface area contributed by atoms with E-state index in [-0.39, 0.29) is 0 Å². The predicted octanol–water partition coefficient (Wildman–Crippen LogP) is 1.87. The number of aromatic nitrogens is 1. The number of nitrogens with zero attached hydrogens (tertiary/aromatic N) is 2. The van der Waals surface area contributed by atoms with E-state index in [0.717, 1.165) is 24.9 Å². The Bertz CT molecular complexity index is 407. The summed E-state index contributed by atoms with van der Waals surface area (Å²) in [6.07, 6.45) is 5.43. The Morgan fingerprint density at radius 2 is 2.18 bits per heavy atom. The summed E-state index contributed by atoms with van der Waals surface area (Å²) in [5, 5.41) is 9.60. The summed E-state index contributed by atoms with van der Waals surface area (Å²) in [5.74, 6) is -0.794. The van der Waals surface area contributed by atoms with Crippen molar-refractivity contribution in [3.8, 4) is 0 Å². The molecule has 1 aliphatic heterocycles. The second kappa shape index (κ2) is 4.45. The second-order valence-corrected chi connectivity index (χ2v) is 4.80. The fourth-order valence-corrected chi connectivity index (χ4v) is 2.69. The maximum atomic E-state index is 11.7. The van der Waals surface area contributed by atoms with Crippen molar-refractivity contribution in [2.75, 3.05) is 6.54 Å². The molecule has 1 N–H and O–H groups in total. The molecule has 0 saturated carbocycles. The molecule has 0 spiro atoms. The maximum Gasteiger partial charge on any atom is 0.328 e. The molecule has 0 radical (unpaired) electrons. The van der Waals surface area contributed by atoms with Gasteiger partial charge in [0.2, 0.25) is 0 Å². The van der Waals surface area contributed by atoms with Gasteiger partial charge in [0, 0.05) is 18.4 Å². The van der Waals surface area contributed by atoms with E-state index in [0.29, 0.717) is 6.04 Å². The van der Waals surface area contributed by atoms with Crippen molar-refractivity contribution < 1.29 is 9.90 Å². The summed E-state index contributed by atoms with van der Waals surface area (Å²) in [5.41, 5.74) is -0.146. The first-order chi connectivity index (χ1) is 8.06. The number of pyridine rings is 1. The Kier molecular flexibility index (Phi) is 3.15. The smallest absolute Gasteiger partial charge is 0.328 e. The first-order valence-corrected chi connectivity index (χ1v) is 5.97. The lowest BCUT2D eigenvalue weighted by molar-refractivity contribution is -0.152. The van der Waals surface area contributed by atoms with Crippen LogP contribution in [0, 0.1) is 0 Å². The minimum atomic E-state index is -0.946. The summed E-state index contributed by atoms with van der Waals surface area (Å²) >= 11 is 0. The summed E-state index contributed by atoms with van der Waals surface area (Å²) < 4.78 is 0. The Morgan fingerprint density at radius 3 is 2.65 bits per heavy atom. The van der Waals surface area contributed by atoms with Crippen molar-refractivity contribution in [2.45, 2.75) is 38.3 Å². The fraction of sp³-hybridized carbons (Fsp3) is 0.538. The van der Waals surface area contributed by atoms with Crippen LogP contribution in [0.4, 0.5) is 0 Å². The molecule has 2 unspecified atom stereocenters. The lowest BCUT2D eigenvalue weighted by atomic mass is 9.90. The van der Waals surface area contributed by atoms with Crippen LogP contribution in [0.15, 0.2) is 24.5 Å². The molecule has 0 aromatic carbocycles. The zero-order valence-electron chi connectivity index (χ0n) is 10.3. The standard InChI is InChI=1S/C13H18N2O2/c1-10-4-3-9-15(10)13(2,12(16)17)11-5-7-14-8-6-11/h5-8,10H,3-4,9H2,1-2H3,(H,16,17). The topological polar surface area (TPSA) is 53.4 Å². The number of carboxylic acid groups (broad SMARTS) is 1. The van der Waals surface area contributed by atoms with Crippen LogP contribution < -0.4 is 0 Å². The van der Waals surface area contributed by atoms with Gasteiger partial charge in [-0.3, -0.25) is 9.88 Å². The highest BCUT2D eigenvalue weighted by atomic mass is 16.4. The van der Waals surface area contributed by atoms with Gasteiger partial charge in [0.05, 0.1) is 0 Å². The molecular formula is C13H18N2O2. The molecule has 17 heavy (non-hydrogen) atoms. The van der Waals surface area contributed by atoms with Gasteiger partial charge in [0.15, 0.2) is 0 Å². The first kappa shape index (κ1) is 12.0. The quantitative estimate of drug-likeness (QED) is 0.867. The average Bonchev–Trinajstić information content (AvgIpc) is 2.76. The number of likely N-dealkylation sites (tertiary alicyclic amines) is 1. The lowest BCUT2D eigenvalue weighted by Gasteiger charge is -2.38. The van der Waals surface area contributed by atoms with E-state index in [1.54, 1.807) is 31.5 Å². The van der Waals surface area contributed by atoms with Crippen LogP contribution in [0.2, 0.25) is 0 Å². The minimum Gasteiger partial charge on any atom is -0.480 e. The van der Waals surface area contributed by atoms with Crippen molar-refractivity contribution >= 4 is 5.97 Å². The van der Waals surface area contributed by atoms with Gasteiger partial charge in [0.25, 0.3) is 0 Å². The minimum absolute atomic E-state index is 0.310. The van der Waals surface area contributed by atoms with Crippen LogP contribution in [0.25, 0.3) is 0 Å². The Morgan fingerprint density at radius 1 is 1.53 bits per heavy atom. The van der Waals surface area contributed by atoms with Gasteiger partial charge in [-0.15, -0.1) is 0 Å². The van der Waals surface area contributed by atoms with Gasteiger partial charge in [-0.1, -0.05) is 0 Å². The predicted molar refractivity (Wildman–Crippen MR) is 64.6 cm³/mol. The van der Waals surface area contributed by atoms with Gasteiger partial charge in [-0.25, -0.2) is 4.79 Å². The molecule has 1 aliphatic rings. The van der Waals surface area contributed by atoms with Gasteiger partial charge in [0.1, 0.15) is 5.54 Å². The van der Waals surface area contributed by atoms with Crippen molar-refractivity contribution in [3.05, 3.63) is 30.1 Å². The largest absolute Gasteiger partial charge is 0.480 e. The molecule has 0 bridgehead atoms. The van der Waals surface area contributed by atoms with Crippen molar-refractivity contribution in [2.24, 2.45) is 0 Å². The van der Waals surface area contributed by atoms with Crippen LogP contribution in [-0.4, -0.2) is 33.5 Å². The van der Waals surface area contributed by atoms with Gasteiger partial charge < -0.3 is 5.11 Å². The molecule has 1 saturated heterocycles. The van der Waals surface area contributed by atoms with E-state index < -0.39 is 11.5 Å². The highest BCUT2D eigenvalue weighted by Gasteiger charge is 2.44. The summed E-state index contributed by atoms with van der Waals surface area (Å²) in [6, 6.07) is 3.89. The average molecular weight is 234 g/mol. The number of carboxylic acids is 1. The van der Waals surface area contributed by atoms with Crippen molar-refractivity contribution in [1.29, 1.82) is 0 Å². The zero-order valence-corrected chi connectivity index (χ0v) is 10.3. The SMILES string of the molecule is CC1CCCN1C(C)(C(=O)O)c1ccncc1. The molecule has 0 aliphatic carbocycles. The van der Waals surface area contributed by atoms with Crippen LogP contribution in [0.3, 0.4) is 0 Å². The molecule has 2 heterocycles. The third-order valence-corrected chi connectivity index (χ3v) is 3.79. The van der Waals surface area contributed by atoms with Crippen molar-refractivity contribution in [1.82, 2.24) is 9.88 Å². The van der Waals surface area contributed by atoms with Gasteiger partial charge >= 0.3 is 5.97 Å². The monoisotopic (exact) mass is 234 g/mol. The molecule has 1 aromatic rings. The Balaban J connectivity index is 2.43. The number of rotatable bonds is 3. The summed E-state index contributed by atoms with van der Waals surface area (Å²) in [6.45, 7) is 4.72. The third-order valence-electron chi connectivity index (χ3n) is 3.79. The van der Waals surface area contributed by atoms with Crippen LogP contribution in [0.5, 0.6) is 0 Å². The Hall–Kier alpha value is -1.42. The molecule has 4 nitrogen and oxygen atoms in total. The van der Waals surface area contributed by atoms with E-state index in [9.17, 15) is 9.90 Å². The summed E-state index contributed by atoms with van der Waals surface area (Å²) in [4.78, 5) is 17.7. The van der Waals surface area contributed by atoms with Crippen molar-refractivity contribution in [3.63, 3.8) is 0 Å². The first-order valence-electron chi connectivity index (χ1n) is 5.97. The van der Waals surface area contributed by atoms with Crippen LogP contribution in [-0.2, 0) is 10.3 Å². The van der Waals surface area contributed by atoms with Gasteiger partial charge in [-0.2, -0.15) is 0 Å². The second-order valence-electron chi connectivity index (χ2n) is 4.80. The van der Waals surface area contributed by atoms with E-state index in [1.165, 1.54) is 0 Å². The molecule has 1 aromatic heterocycles. The van der Waals surface area contributed by atoms with Crippen LogP contribution in [0.1, 0.15) is 32.3 Å². The highest BCUT2D eigenvalue weighted by molar-refractivity contribution is 5.80. The maximum absolute atomic E-state index is 11.7.